The van der Waals surface area contributed by atoms with Crippen LogP contribution in [0, 0.1) is 0 Å². The molecule has 1 heterocycles. The van der Waals surface area contributed by atoms with E-state index in [0.29, 0.717) is 42.9 Å². The fraction of sp³-hybridized carbons (Fsp3) is 0.400. The van der Waals surface area contributed by atoms with Crippen LogP contribution >= 0.6 is 0 Å². The van der Waals surface area contributed by atoms with Crippen molar-refractivity contribution >= 4 is 23.0 Å². The summed E-state index contributed by atoms with van der Waals surface area (Å²) in [7, 11) is 0. The first-order chi connectivity index (χ1) is 13.4. The summed E-state index contributed by atoms with van der Waals surface area (Å²) in [6.45, 7) is 5.81. The van der Waals surface area contributed by atoms with E-state index in [2.05, 4.69) is 15.3 Å². The monoisotopic (exact) mass is 386 g/mol. The lowest BCUT2D eigenvalue weighted by molar-refractivity contribution is -0.115. The maximum atomic E-state index is 12.4. The highest BCUT2D eigenvalue weighted by Crippen LogP contribution is 2.26. The Labute approximate surface area is 163 Å². The zero-order valence-electron chi connectivity index (χ0n) is 16.4. The molecule has 2 rings (SSSR count). The normalized spacial score (nSPS) is 11.5. The fourth-order valence-electron chi connectivity index (χ4n) is 2.72. The molecule has 3 N–H and O–H groups in total. The molecule has 0 unspecified atom stereocenters. The molecule has 28 heavy (non-hydrogen) atoms. The predicted molar refractivity (Wildman–Crippen MR) is 110 cm³/mol. The van der Waals surface area contributed by atoms with E-state index in [0.717, 1.165) is 11.0 Å². The minimum Gasteiger partial charge on any atom is -0.494 e. The fourth-order valence-corrected chi connectivity index (χ4v) is 2.72. The van der Waals surface area contributed by atoms with Crippen LogP contribution in [0.15, 0.2) is 38.8 Å². The molecule has 0 bridgehead atoms. The van der Waals surface area contributed by atoms with Crippen molar-refractivity contribution in [2.24, 2.45) is 4.99 Å². The minimum atomic E-state index is -0.689. The Morgan fingerprint density at radius 3 is 2.54 bits per heavy atom. The summed E-state index contributed by atoms with van der Waals surface area (Å²) < 4.78 is 1.15. The minimum absolute atomic E-state index is 0.0326. The van der Waals surface area contributed by atoms with Gasteiger partial charge in [-0.2, -0.15) is 0 Å². The standard InChI is InChI=1S/C20H26N4O4/c1-4-7-12-24-19(27)17(18(26)23-20(24)28)13(5-2)21-14-10-8-9-11-15(14)22-16(25)6-3/h8-11,27H,4-7,12H2,1-3H3,(H,22,25)(H,23,26,28). The molecular formula is C20H26N4O4. The lowest BCUT2D eigenvalue weighted by atomic mass is 10.1. The summed E-state index contributed by atoms with van der Waals surface area (Å²) >= 11 is 0. The number of carbonyl (C=O) groups excluding carboxylic acids is 1. The molecule has 2 aromatic rings. The van der Waals surface area contributed by atoms with E-state index < -0.39 is 17.1 Å². The lowest BCUT2D eigenvalue weighted by Gasteiger charge is -2.13. The first-order valence-electron chi connectivity index (χ1n) is 9.45. The van der Waals surface area contributed by atoms with Crippen LogP contribution in [0.25, 0.3) is 0 Å². The van der Waals surface area contributed by atoms with Crippen LogP contribution in [0.3, 0.4) is 0 Å². The first kappa shape index (κ1) is 21.1. The molecule has 0 spiro atoms. The first-order valence-corrected chi connectivity index (χ1v) is 9.45. The van der Waals surface area contributed by atoms with E-state index in [1.165, 1.54) is 0 Å². The summed E-state index contributed by atoms with van der Waals surface area (Å²) in [6.07, 6.45) is 2.18. The molecule has 0 saturated carbocycles. The molecule has 150 valence electrons. The summed E-state index contributed by atoms with van der Waals surface area (Å²) in [4.78, 5) is 43.0. The van der Waals surface area contributed by atoms with Crippen LogP contribution in [0.2, 0.25) is 0 Å². The number of unbranched alkanes of at least 4 members (excludes halogenated alkanes) is 1. The number of para-hydroxylation sites is 2. The third-order valence-electron chi connectivity index (χ3n) is 4.29. The van der Waals surface area contributed by atoms with Crippen LogP contribution in [0.5, 0.6) is 5.88 Å². The number of nitrogens with zero attached hydrogens (tertiary/aromatic N) is 2. The van der Waals surface area contributed by atoms with Gasteiger partial charge in [0.05, 0.1) is 17.1 Å². The van der Waals surface area contributed by atoms with Gasteiger partial charge >= 0.3 is 5.69 Å². The second-order valence-electron chi connectivity index (χ2n) is 6.29. The van der Waals surface area contributed by atoms with Gasteiger partial charge in [-0.05, 0) is 25.0 Å². The largest absolute Gasteiger partial charge is 0.494 e. The number of H-pyrrole nitrogens is 1. The van der Waals surface area contributed by atoms with Gasteiger partial charge in [-0.1, -0.05) is 39.3 Å². The molecule has 0 radical (unpaired) electrons. The third kappa shape index (κ3) is 4.76. The number of aromatic hydroxyl groups is 1. The Morgan fingerprint density at radius 2 is 1.89 bits per heavy atom. The number of benzene rings is 1. The van der Waals surface area contributed by atoms with Gasteiger partial charge < -0.3 is 10.4 Å². The summed E-state index contributed by atoms with van der Waals surface area (Å²) in [5.41, 5.74) is -0.0736. The van der Waals surface area contributed by atoms with Crippen molar-refractivity contribution in [3.05, 3.63) is 50.7 Å². The Kier molecular flexibility index (Phi) is 7.31. The highest BCUT2D eigenvalue weighted by atomic mass is 16.3. The molecule has 0 fully saturated rings. The molecule has 0 atom stereocenters. The van der Waals surface area contributed by atoms with Crippen molar-refractivity contribution in [2.45, 2.75) is 53.0 Å². The number of rotatable bonds is 8. The van der Waals surface area contributed by atoms with Gasteiger partial charge in [0, 0.05) is 13.0 Å². The average Bonchev–Trinajstić information content (AvgIpc) is 2.67. The Bertz CT molecular complexity index is 988. The van der Waals surface area contributed by atoms with Gasteiger partial charge in [0.2, 0.25) is 11.8 Å². The van der Waals surface area contributed by atoms with Crippen molar-refractivity contribution in [3.63, 3.8) is 0 Å². The van der Waals surface area contributed by atoms with Crippen LogP contribution in [0.4, 0.5) is 11.4 Å². The van der Waals surface area contributed by atoms with Gasteiger partial charge in [0.25, 0.3) is 5.56 Å². The maximum Gasteiger partial charge on any atom is 0.331 e. The predicted octanol–water partition coefficient (Wildman–Crippen LogP) is 2.92. The molecule has 1 aromatic carbocycles. The van der Waals surface area contributed by atoms with Crippen LogP contribution in [-0.2, 0) is 11.3 Å². The quantitative estimate of drug-likeness (QED) is 0.605. The zero-order valence-corrected chi connectivity index (χ0v) is 16.4. The molecule has 0 aliphatic rings. The van der Waals surface area contributed by atoms with Crippen molar-refractivity contribution in [3.8, 4) is 5.88 Å². The molecule has 0 aliphatic heterocycles. The van der Waals surface area contributed by atoms with Gasteiger partial charge in [0.1, 0.15) is 5.56 Å². The molecule has 0 saturated heterocycles. The highest BCUT2D eigenvalue weighted by Gasteiger charge is 2.19. The number of hydrogen-bond acceptors (Lipinski definition) is 5. The molecule has 8 nitrogen and oxygen atoms in total. The molecule has 1 aromatic heterocycles. The van der Waals surface area contributed by atoms with Crippen molar-refractivity contribution < 1.29 is 9.90 Å². The number of carbonyl (C=O) groups is 1. The van der Waals surface area contributed by atoms with E-state index in [-0.39, 0.29) is 11.5 Å². The number of aromatic nitrogens is 2. The van der Waals surface area contributed by atoms with Gasteiger partial charge in [-0.15, -0.1) is 0 Å². The summed E-state index contributed by atoms with van der Waals surface area (Å²) in [5, 5.41) is 13.4. The number of hydrogen-bond donors (Lipinski definition) is 3. The van der Waals surface area contributed by atoms with Crippen molar-refractivity contribution in [1.82, 2.24) is 9.55 Å². The zero-order chi connectivity index (χ0) is 20.7. The Balaban J connectivity index is 2.59. The van der Waals surface area contributed by atoms with E-state index >= 15 is 0 Å². The Morgan fingerprint density at radius 1 is 1.18 bits per heavy atom. The van der Waals surface area contributed by atoms with E-state index in [1.807, 2.05) is 6.92 Å². The lowest BCUT2D eigenvalue weighted by Crippen LogP contribution is -2.34. The number of aliphatic imine (C=N–C) groups is 1. The highest BCUT2D eigenvalue weighted by molar-refractivity contribution is 6.04. The molecular weight excluding hydrogens is 360 g/mol. The maximum absolute atomic E-state index is 12.4. The number of aromatic amines is 1. The van der Waals surface area contributed by atoms with Crippen molar-refractivity contribution in [2.75, 3.05) is 5.32 Å². The van der Waals surface area contributed by atoms with E-state index in [1.54, 1.807) is 38.1 Å². The van der Waals surface area contributed by atoms with Crippen LogP contribution < -0.4 is 16.6 Å². The smallest absolute Gasteiger partial charge is 0.331 e. The topological polar surface area (TPSA) is 117 Å². The number of anilines is 1. The van der Waals surface area contributed by atoms with E-state index in [9.17, 15) is 19.5 Å². The summed E-state index contributed by atoms with van der Waals surface area (Å²) in [5.74, 6) is -0.549. The number of nitrogens with one attached hydrogen (secondary N) is 2. The van der Waals surface area contributed by atoms with Crippen molar-refractivity contribution in [1.29, 1.82) is 0 Å². The van der Waals surface area contributed by atoms with Gasteiger partial charge in [-0.25, -0.2) is 4.79 Å². The van der Waals surface area contributed by atoms with E-state index in [4.69, 9.17) is 0 Å². The molecule has 0 aliphatic carbocycles. The molecule has 8 heteroatoms. The SMILES string of the molecule is CCCCn1c(O)c(C(CC)=Nc2ccccc2NC(=O)CC)c(=O)[nH]c1=O. The summed E-state index contributed by atoms with van der Waals surface area (Å²) in [6, 6.07) is 6.95. The molecule has 1 amide bonds. The third-order valence-corrected chi connectivity index (χ3v) is 4.29. The van der Waals surface area contributed by atoms with Crippen LogP contribution in [0.1, 0.15) is 52.0 Å². The van der Waals surface area contributed by atoms with Gasteiger partial charge in [-0.3, -0.25) is 24.1 Å². The average molecular weight is 386 g/mol. The second-order valence-corrected chi connectivity index (χ2v) is 6.29. The number of amides is 1. The Hall–Kier alpha value is -3.16. The second kappa shape index (κ2) is 9.68. The van der Waals surface area contributed by atoms with Gasteiger partial charge in [0.15, 0.2) is 0 Å². The van der Waals surface area contributed by atoms with Crippen LogP contribution in [-0.4, -0.2) is 26.3 Å².